The molecular formula is C21H19ClN4O2. The highest BCUT2D eigenvalue weighted by molar-refractivity contribution is 6.35. The number of aromatic nitrogens is 3. The van der Waals surface area contributed by atoms with E-state index in [9.17, 15) is 4.79 Å². The minimum absolute atomic E-state index is 0.199. The Kier molecular flexibility index (Phi) is 4.96. The number of ether oxygens (including phenoxy) is 1. The molecule has 1 aromatic heterocycles. The van der Waals surface area contributed by atoms with Crippen molar-refractivity contribution in [3.63, 3.8) is 0 Å². The van der Waals surface area contributed by atoms with Crippen molar-refractivity contribution < 1.29 is 9.53 Å². The van der Waals surface area contributed by atoms with Crippen LogP contribution in [0.25, 0.3) is 5.69 Å². The van der Waals surface area contributed by atoms with Gasteiger partial charge in [-0.1, -0.05) is 35.9 Å². The SMILES string of the molecule is CCOC(=O)Cc1ccc2c(c1)C(c1ccccc1Cl)=NCc1nnc(C)n1-2. The number of aryl methyl sites for hydroxylation is 1. The zero-order valence-corrected chi connectivity index (χ0v) is 16.4. The highest BCUT2D eigenvalue weighted by Gasteiger charge is 2.23. The van der Waals surface area contributed by atoms with Gasteiger partial charge in [0.1, 0.15) is 12.4 Å². The Morgan fingerprint density at radius 1 is 1.18 bits per heavy atom. The monoisotopic (exact) mass is 394 g/mol. The molecule has 0 saturated heterocycles. The number of nitrogens with zero attached hydrogens (tertiary/aromatic N) is 4. The van der Waals surface area contributed by atoms with E-state index in [0.717, 1.165) is 39.7 Å². The van der Waals surface area contributed by atoms with Crippen LogP contribution in [0.3, 0.4) is 0 Å². The highest BCUT2D eigenvalue weighted by Crippen LogP contribution is 2.29. The van der Waals surface area contributed by atoms with Crippen LogP contribution < -0.4 is 0 Å². The topological polar surface area (TPSA) is 69.4 Å². The van der Waals surface area contributed by atoms with Gasteiger partial charge in [-0.2, -0.15) is 0 Å². The summed E-state index contributed by atoms with van der Waals surface area (Å²) in [5.74, 6) is 1.29. The summed E-state index contributed by atoms with van der Waals surface area (Å²) < 4.78 is 7.09. The van der Waals surface area contributed by atoms with Crippen LogP contribution in [0.2, 0.25) is 5.02 Å². The van der Waals surface area contributed by atoms with E-state index in [1.54, 1.807) is 6.92 Å². The molecule has 4 rings (SSSR count). The molecule has 0 atom stereocenters. The maximum Gasteiger partial charge on any atom is 0.310 e. The van der Waals surface area contributed by atoms with Gasteiger partial charge in [-0.05, 0) is 37.6 Å². The molecule has 2 aromatic carbocycles. The molecule has 0 N–H and O–H groups in total. The van der Waals surface area contributed by atoms with Crippen LogP contribution in [-0.2, 0) is 22.5 Å². The van der Waals surface area contributed by atoms with Gasteiger partial charge in [-0.3, -0.25) is 14.4 Å². The largest absolute Gasteiger partial charge is 0.466 e. The van der Waals surface area contributed by atoms with Crippen molar-refractivity contribution in [3.8, 4) is 5.69 Å². The second kappa shape index (κ2) is 7.56. The zero-order chi connectivity index (χ0) is 19.7. The van der Waals surface area contributed by atoms with Gasteiger partial charge in [-0.25, -0.2) is 0 Å². The fourth-order valence-electron chi connectivity index (χ4n) is 3.40. The van der Waals surface area contributed by atoms with Crippen LogP contribution in [-0.4, -0.2) is 33.1 Å². The Labute approximate surface area is 167 Å². The Morgan fingerprint density at radius 3 is 2.79 bits per heavy atom. The number of fused-ring (bicyclic) bond motifs is 3. The molecule has 0 unspecified atom stereocenters. The van der Waals surface area contributed by atoms with Crippen LogP contribution >= 0.6 is 11.6 Å². The van der Waals surface area contributed by atoms with Gasteiger partial charge in [-0.15, -0.1) is 10.2 Å². The minimum atomic E-state index is -0.256. The molecule has 0 saturated carbocycles. The first-order valence-electron chi connectivity index (χ1n) is 9.08. The summed E-state index contributed by atoms with van der Waals surface area (Å²) in [6.07, 6.45) is 0.199. The molecule has 0 fully saturated rings. The van der Waals surface area contributed by atoms with Crippen molar-refractivity contribution >= 4 is 23.3 Å². The van der Waals surface area contributed by atoms with Gasteiger partial charge in [0.15, 0.2) is 5.82 Å². The lowest BCUT2D eigenvalue weighted by molar-refractivity contribution is -0.142. The van der Waals surface area contributed by atoms with Crippen LogP contribution in [0.4, 0.5) is 0 Å². The average Bonchev–Trinajstić information content (AvgIpc) is 2.95. The van der Waals surface area contributed by atoms with Crippen LogP contribution in [0.1, 0.15) is 35.3 Å². The lowest BCUT2D eigenvalue weighted by atomic mass is 9.97. The van der Waals surface area contributed by atoms with Crippen LogP contribution in [0, 0.1) is 6.92 Å². The van der Waals surface area contributed by atoms with Gasteiger partial charge in [0.2, 0.25) is 0 Å². The molecule has 7 heteroatoms. The Balaban J connectivity index is 1.89. The molecule has 2 heterocycles. The molecule has 28 heavy (non-hydrogen) atoms. The van der Waals surface area contributed by atoms with E-state index in [1.807, 2.05) is 54.0 Å². The van der Waals surface area contributed by atoms with Crippen molar-refractivity contribution in [1.29, 1.82) is 0 Å². The Bertz CT molecular complexity index is 1090. The minimum Gasteiger partial charge on any atom is -0.466 e. The van der Waals surface area contributed by atoms with Crippen LogP contribution in [0.15, 0.2) is 47.5 Å². The van der Waals surface area contributed by atoms with Crippen molar-refractivity contribution in [2.24, 2.45) is 4.99 Å². The number of hydrogen-bond acceptors (Lipinski definition) is 5. The molecule has 6 nitrogen and oxygen atoms in total. The maximum absolute atomic E-state index is 12.0. The number of rotatable bonds is 4. The summed E-state index contributed by atoms with van der Waals surface area (Å²) in [6, 6.07) is 13.5. The Hall–Kier alpha value is -2.99. The first kappa shape index (κ1) is 18.4. The first-order chi connectivity index (χ1) is 13.6. The number of carbonyl (C=O) groups excluding carboxylic acids is 1. The molecule has 0 aliphatic carbocycles. The summed E-state index contributed by atoms with van der Waals surface area (Å²) in [6.45, 7) is 4.46. The number of benzene rings is 2. The van der Waals surface area contributed by atoms with Gasteiger partial charge in [0.25, 0.3) is 0 Å². The second-order valence-corrected chi connectivity index (χ2v) is 6.88. The number of esters is 1. The van der Waals surface area contributed by atoms with E-state index in [0.29, 0.717) is 18.2 Å². The molecule has 0 bridgehead atoms. The quantitative estimate of drug-likeness (QED) is 0.633. The fraction of sp³-hybridized carbons (Fsp3) is 0.238. The van der Waals surface area contributed by atoms with E-state index in [-0.39, 0.29) is 12.4 Å². The van der Waals surface area contributed by atoms with E-state index in [2.05, 4.69) is 10.2 Å². The summed E-state index contributed by atoms with van der Waals surface area (Å²) >= 11 is 6.47. The smallest absolute Gasteiger partial charge is 0.310 e. The normalized spacial score (nSPS) is 12.6. The van der Waals surface area contributed by atoms with Gasteiger partial charge in [0, 0.05) is 16.1 Å². The molecule has 0 amide bonds. The lowest BCUT2D eigenvalue weighted by Crippen LogP contribution is -2.12. The molecule has 1 aliphatic rings. The van der Waals surface area contributed by atoms with Crippen molar-refractivity contribution in [1.82, 2.24) is 14.8 Å². The molecule has 3 aromatic rings. The van der Waals surface area contributed by atoms with Gasteiger partial charge in [0.05, 0.1) is 24.4 Å². The van der Waals surface area contributed by atoms with Gasteiger partial charge < -0.3 is 4.74 Å². The van der Waals surface area contributed by atoms with E-state index in [4.69, 9.17) is 21.3 Å². The molecular weight excluding hydrogens is 376 g/mol. The number of carbonyl (C=O) groups is 1. The average molecular weight is 395 g/mol. The summed E-state index contributed by atoms with van der Waals surface area (Å²) in [5.41, 5.74) is 4.27. The van der Waals surface area contributed by atoms with E-state index in [1.165, 1.54) is 0 Å². The molecule has 1 aliphatic heterocycles. The molecule has 142 valence electrons. The van der Waals surface area contributed by atoms with Crippen molar-refractivity contribution in [3.05, 3.63) is 75.8 Å². The third-order valence-corrected chi connectivity index (χ3v) is 4.94. The third-order valence-electron chi connectivity index (χ3n) is 4.61. The fourth-order valence-corrected chi connectivity index (χ4v) is 3.62. The number of hydrogen-bond donors (Lipinski definition) is 0. The lowest BCUT2D eigenvalue weighted by Gasteiger charge is -2.15. The maximum atomic E-state index is 12.0. The van der Waals surface area contributed by atoms with Crippen molar-refractivity contribution in [2.75, 3.05) is 6.61 Å². The Morgan fingerprint density at radius 2 is 2.00 bits per heavy atom. The van der Waals surface area contributed by atoms with Gasteiger partial charge >= 0.3 is 5.97 Å². The first-order valence-corrected chi connectivity index (χ1v) is 9.45. The third kappa shape index (κ3) is 3.31. The second-order valence-electron chi connectivity index (χ2n) is 6.48. The summed E-state index contributed by atoms with van der Waals surface area (Å²) in [5, 5.41) is 9.08. The summed E-state index contributed by atoms with van der Waals surface area (Å²) in [4.78, 5) is 16.8. The van der Waals surface area contributed by atoms with Crippen LogP contribution in [0.5, 0.6) is 0 Å². The zero-order valence-electron chi connectivity index (χ0n) is 15.6. The number of halogens is 1. The molecule has 0 spiro atoms. The van der Waals surface area contributed by atoms with E-state index >= 15 is 0 Å². The number of aliphatic imine (C=N–C) groups is 1. The van der Waals surface area contributed by atoms with E-state index < -0.39 is 0 Å². The predicted octanol–water partition coefficient (Wildman–Crippen LogP) is 3.69. The molecule has 0 radical (unpaired) electrons. The highest BCUT2D eigenvalue weighted by atomic mass is 35.5. The predicted molar refractivity (Wildman–Crippen MR) is 107 cm³/mol. The standard InChI is InChI=1S/C21H19ClN4O2/c1-3-28-20(27)11-14-8-9-18-16(10-14)21(15-6-4-5-7-17(15)22)23-12-19-25-24-13(2)26(18)19/h4-10H,3,11-12H2,1-2H3. The summed E-state index contributed by atoms with van der Waals surface area (Å²) in [7, 11) is 0. The van der Waals surface area contributed by atoms with Crippen molar-refractivity contribution in [2.45, 2.75) is 26.8 Å².